The second-order valence-corrected chi connectivity index (χ2v) is 10.1. The maximum absolute atomic E-state index is 12.6. The third kappa shape index (κ3) is 8.68. The van der Waals surface area contributed by atoms with Crippen molar-refractivity contribution in [3.05, 3.63) is 59.7 Å². The predicted molar refractivity (Wildman–Crippen MR) is 134 cm³/mol. The number of hydrogen-bond acceptors (Lipinski definition) is 6. The summed E-state index contributed by atoms with van der Waals surface area (Å²) < 4.78 is 75.6. The Morgan fingerprint density at radius 1 is 0.743 bits per heavy atom. The highest BCUT2D eigenvalue weighted by atomic mass is 32.2. The van der Waals surface area contributed by atoms with Crippen LogP contribution in [0.2, 0.25) is 0 Å². The third-order valence-electron chi connectivity index (χ3n) is 4.81. The number of benzene rings is 2. The molecule has 1 aliphatic rings. The fourth-order valence-corrected chi connectivity index (χ4v) is 5.26. The summed E-state index contributed by atoms with van der Waals surface area (Å²) in [6.45, 7) is 1.53. The zero-order valence-corrected chi connectivity index (χ0v) is 20.6. The monoisotopic (exact) mass is 534 g/mol. The van der Waals surface area contributed by atoms with Crippen LogP contribution < -0.4 is 10.6 Å². The van der Waals surface area contributed by atoms with Crippen molar-refractivity contribution in [1.29, 1.82) is 0 Å². The highest BCUT2D eigenvalue weighted by Gasteiger charge is 2.32. The number of alkyl halides is 6. The highest BCUT2D eigenvalue weighted by Crippen LogP contribution is 2.34. The smallest absolute Gasteiger partial charge is 0.376 e. The van der Waals surface area contributed by atoms with E-state index in [9.17, 15) is 26.3 Å². The van der Waals surface area contributed by atoms with Gasteiger partial charge in [-0.2, -0.15) is 26.3 Å². The van der Waals surface area contributed by atoms with Crippen LogP contribution >= 0.6 is 23.5 Å². The van der Waals surface area contributed by atoms with Crippen molar-refractivity contribution in [2.24, 2.45) is 9.98 Å². The predicted octanol–water partition coefficient (Wildman–Crippen LogP) is 7.35. The standard InChI is InChI=1S/C23H24F6N4S2/c1-21(2)19(34-11-15-7-3-5-9-17(15)30-13-22(24,25)26)32-20(33-21)35-12-16-8-4-6-10-18(16)31-14-23(27,28)29/h3-10,30-31H,11-14H2,1-2H3. The number of halogens is 6. The average molecular weight is 535 g/mol. The molecule has 0 atom stereocenters. The summed E-state index contributed by atoms with van der Waals surface area (Å²) in [6, 6.07) is 13.6. The normalized spacial score (nSPS) is 15.5. The number of nitrogens with one attached hydrogen (secondary N) is 2. The van der Waals surface area contributed by atoms with Crippen molar-refractivity contribution >= 4 is 45.1 Å². The topological polar surface area (TPSA) is 48.8 Å². The second kappa shape index (κ2) is 11.2. The molecular formula is C23H24F6N4S2. The van der Waals surface area contributed by atoms with E-state index < -0.39 is 31.0 Å². The molecule has 3 rings (SSSR count). The van der Waals surface area contributed by atoms with Crippen LogP contribution in [0.1, 0.15) is 25.0 Å². The molecule has 0 fully saturated rings. The number of thioether (sulfide) groups is 2. The van der Waals surface area contributed by atoms with Gasteiger partial charge in [0.15, 0.2) is 5.17 Å². The van der Waals surface area contributed by atoms with Crippen LogP contribution in [0.15, 0.2) is 58.5 Å². The van der Waals surface area contributed by atoms with Crippen LogP contribution in [0, 0.1) is 0 Å². The lowest BCUT2D eigenvalue weighted by Gasteiger charge is -2.18. The summed E-state index contributed by atoms with van der Waals surface area (Å²) in [5.74, 6) is 0.780. The molecule has 0 saturated heterocycles. The Balaban J connectivity index is 1.62. The highest BCUT2D eigenvalue weighted by molar-refractivity contribution is 8.15. The Hall–Kier alpha value is -2.34. The van der Waals surface area contributed by atoms with Gasteiger partial charge in [0.1, 0.15) is 23.7 Å². The van der Waals surface area contributed by atoms with Gasteiger partial charge in [-0.3, -0.25) is 0 Å². The molecule has 1 aliphatic heterocycles. The van der Waals surface area contributed by atoms with E-state index in [2.05, 4.69) is 20.6 Å². The van der Waals surface area contributed by atoms with Crippen molar-refractivity contribution < 1.29 is 26.3 Å². The van der Waals surface area contributed by atoms with Crippen LogP contribution in [-0.4, -0.2) is 41.2 Å². The molecule has 35 heavy (non-hydrogen) atoms. The van der Waals surface area contributed by atoms with Gasteiger partial charge in [0.05, 0.1) is 0 Å². The Bertz CT molecular complexity index is 1080. The molecule has 0 amide bonds. The van der Waals surface area contributed by atoms with E-state index in [1.165, 1.54) is 23.5 Å². The van der Waals surface area contributed by atoms with E-state index in [1.54, 1.807) is 48.5 Å². The van der Waals surface area contributed by atoms with E-state index in [-0.39, 0.29) is 0 Å². The zero-order chi connectivity index (χ0) is 25.7. The minimum absolute atomic E-state index is 0.377. The maximum Gasteiger partial charge on any atom is 0.405 e. The lowest BCUT2D eigenvalue weighted by atomic mass is 10.1. The van der Waals surface area contributed by atoms with Crippen LogP contribution in [-0.2, 0) is 11.5 Å². The molecule has 2 N–H and O–H groups in total. The van der Waals surface area contributed by atoms with E-state index in [4.69, 9.17) is 0 Å². The SMILES string of the molecule is CC1(C)N=C(SCc2ccccc2NCC(F)(F)F)N=C1SCc1ccccc1NCC(F)(F)F. The van der Waals surface area contributed by atoms with Crippen molar-refractivity contribution in [3.63, 3.8) is 0 Å². The molecule has 0 saturated carbocycles. The fraction of sp³-hybridized carbons (Fsp3) is 0.391. The van der Waals surface area contributed by atoms with Gasteiger partial charge in [-0.05, 0) is 37.1 Å². The average Bonchev–Trinajstić information content (AvgIpc) is 3.06. The fourth-order valence-electron chi connectivity index (χ4n) is 3.13. The molecule has 0 aromatic heterocycles. The summed E-state index contributed by atoms with van der Waals surface area (Å²) in [5.41, 5.74) is 1.60. The first-order valence-corrected chi connectivity index (χ1v) is 12.5. The van der Waals surface area contributed by atoms with E-state index in [0.717, 1.165) is 0 Å². The minimum atomic E-state index is -4.32. The second-order valence-electron chi connectivity index (χ2n) is 8.20. The minimum Gasteiger partial charge on any atom is -0.376 e. The molecule has 0 unspecified atom stereocenters. The molecule has 12 heteroatoms. The van der Waals surface area contributed by atoms with Crippen molar-refractivity contribution in [2.45, 2.75) is 43.2 Å². The number of para-hydroxylation sites is 2. The van der Waals surface area contributed by atoms with Crippen LogP contribution in [0.4, 0.5) is 37.7 Å². The van der Waals surface area contributed by atoms with Gasteiger partial charge in [-0.25, -0.2) is 9.98 Å². The largest absolute Gasteiger partial charge is 0.405 e. The lowest BCUT2D eigenvalue weighted by Crippen LogP contribution is -2.24. The molecular weight excluding hydrogens is 510 g/mol. The first kappa shape index (κ1) is 27.3. The van der Waals surface area contributed by atoms with Crippen LogP contribution in [0.5, 0.6) is 0 Å². The number of nitrogens with zero attached hydrogens (tertiary/aromatic N) is 2. The van der Waals surface area contributed by atoms with Crippen molar-refractivity contribution in [2.75, 3.05) is 23.7 Å². The summed E-state index contributed by atoms with van der Waals surface area (Å²) >= 11 is 2.71. The van der Waals surface area contributed by atoms with E-state index >= 15 is 0 Å². The van der Waals surface area contributed by atoms with Gasteiger partial charge in [-0.15, -0.1) is 11.8 Å². The molecule has 4 nitrogen and oxygen atoms in total. The first-order chi connectivity index (χ1) is 16.3. The molecule has 0 bridgehead atoms. The number of rotatable bonds is 8. The summed E-state index contributed by atoms with van der Waals surface area (Å²) in [4.78, 5) is 9.22. The summed E-state index contributed by atoms with van der Waals surface area (Å²) in [7, 11) is 0. The molecule has 0 spiro atoms. The van der Waals surface area contributed by atoms with Gasteiger partial charge < -0.3 is 10.6 Å². The molecule has 190 valence electrons. The molecule has 1 heterocycles. The van der Waals surface area contributed by atoms with Gasteiger partial charge in [0.25, 0.3) is 0 Å². The van der Waals surface area contributed by atoms with Crippen LogP contribution in [0.25, 0.3) is 0 Å². The molecule has 0 aliphatic carbocycles. The maximum atomic E-state index is 12.6. The Labute approximate surface area is 208 Å². The van der Waals surface area contributed by atoms with Crippen molar-refractivity contribution in [1.82, 2.24) is 0 Å². The zero-order valence-electron chi connectivity index (χ0n) is 18.9. The third-order valence-corrected chi connectivity index (χ3v) is 7.03. The van der Waals surface area contributed by atoms with E-state index in [1.807, 2.05) is 13.8 Å². The van der Waals surface area contributed by atoms with Gasteiger partial charge in [-0.1, -0.05) is 48.2 Å². The Morgan fingerprint density at radius 2 is 1.20 bits per heavy atom. The van der Waals surface area contributed by atoms with Gasteiger partial charge >= 0.3 is 12.4 Å². The molecule has 2 aromatic carbocycles. The van der Waals surface area contributed by atoms with E-state index in [0.29, 0.717) is 44.2 Å². The molecule has 0 radical (unpaired) electrons. The quantitative estimate of drug-likeness (QED) is 0.348. The number of aliphatic imine (C=N–C) groups is 2. The number of anilines is 2. The summed E-state index contributed by atoms with van der Waals surface area (Å²) in [6.07, 6.45) is -8.64. The van der Waals surface area contributed by atoms with Gasteiger partial charge in [0.2, 0.25) is 0 Å². The van der Waals surface area contributed by atoms with Crippen molar-refractivity contribution in [3.8, 4) is 0 Å². The lowest BCUT2D eigenvalue weighted by molar-refractivity contribution is -0.116. The first-order valence-electron chi connectivity index (χ1n) is 10.5. The Kier molecular flexibility index (Phi) is 8.68. The Morgan fingerprint density at radius 3 is 1.69 bits per heavy atom. The van der Waals surface area contributed by atoms with Gasteiger partial charge in [0, 0.05) is 22.9 Å². The van der Waals surface area contributed by atoms with Crippen LogP contribution in [0.3, 0.4) is 0 Å². The summed E-state index contributed by atoms with van der Waals surface area (Å²) in [5, 5.41) is 6.08. The molecule has 2 aromatic rings. The number of amidine groups is 1. The number of hydrogen-bond donors (Lipinski definition) is 2.